The number of hydrogen-bond acceptors (Lipinski definition) is 2. The van der Waals surface area contributed by atoms with Crippen molar-refractivity contribution >= 4 is 5.78 Å². The summed E-state index contributed by atoms with van der Waals surface area (Å²) in [5, 5.41) is 0. The zero-order valence-corrected chi connectivity index (χ0v) is 12.4. The van der Waals surface area contributed by atoms with Crippen LogP contribution in [0.3, 0.4) is 0 Å². The largest absolute Gasteiger partial charge is 0.292 e. The van der Waals surface area contributed by atoms with E-state index >= 15 is 0 Å². The molecule has 2 aliphatic rings. The van der Waals surface area contributed by atoms with Gasteiger partial charge in [-0.25, -0.2) is 8.78 Å². The molecule has 3 rings (SSSR count). The predicted molar refractivity (Wildman–Crippen MR) is 77.4 cm³/mol. The van der Waals surface area contributed by atoms with Crippen LogP contribution in [0.15, 0.2) is 12.1 Å². The van der Waals surface area contributed by atoms with Gasteiger partial charge in [-0.05, 0) is 57.3 Å². The molecule has 4 heteroatoms. The lowest BCUT2D eigenvalue weighted by Gasteiger charge is -2.37. The molecule has 2 nitrogen and oxygen atoms in total. The Bertz CT molecular complexity index is 558. The normalized spacial score (nSPS) is 21.9. The molecule has 1 aliphatic carbocycles. The van der Waals surface area contributed by atoms with Crippen molar-refractivity contribution in [1.82, 2.24) is 4.90 Å². The van der Waals surface area contributed by atoms with E-state index in [0.717, 1.165) is 51.6 Å². The summed E-state index contributed by atoms with van der Waals surface area (Å²) >= 11 is 0. The highest BCUT2D eigenvalue weighted by atomic mass is 19.1. The molecule has 1 saturated heterocycles. The topological polar surface area (TPSA) is 20.3 Å². The van der Waals surface area contributed by atoms with Gasteiger partial charge in [0.15, 0.2) is 5.78 Å². The second-order valence-electron chi connectivity index (χ2n) is 6.32. The van der Waals surface area contributed by atoms with Crippen LogP contribution >= 0.6 is 0 Å². The first-order chi connectivity index (χ1) is 10.1. The van der Waals surface area contributed by atoms with Crippen molar-refractivity contribution in [3.63, 3.8) is 0 Å². The number of rotatable bonds is 3. The van der Waals surface area contributed by atoms with E-state index in [0.29, 0.717) is 5.56 Å². The molecule has 2 fully saturated rings. The molecular weight excluding hydrogens is 272 g/mol. The molecule has 0 N–H and O–H groups in total. The molecule has 0 spiro atoms. The van der Waals surface area contributed by atoms with Gasteiger partial charge in [0.2, 0.25) is 0 Å². The second-order valence-corrected chi connectivity index (χ2v) is 6.32. The number of aryl methyl sites for hydroxylation is 1. The van der Waals surface area contributed by atoms with Gasteiger partial charge >= 0.3 is 0 Å². The predicted octanol–water partition coefficient (Wildman–Crippen LogP) is 3.86. The van der Waals surface area contributed by atoms with E-state index in [9.17, 15) is 13.6 Å². The molecule has 0 aromatic heterocycles. The van der Waals surface area contributed by atoms with Crippen molar-refractivity contribution in [3.05, 3.63) is 34.9 Å². The summed E-state index contributed by atoms with van der Waals surface area (Å²) in [5.41, 5.74) is -0.676. The van der Waals surface area contributed by atoms with Crippen LogP contribution in [0, 0.1) is 18.6 Å². The zero-order chi connectivity index (χ0) is 15.0. The molecule has 21 heavy (non-hydrogen) atoms. The van der Waals surface area contributed by atoms with Crippen molar-refractivity contribution in [2.24, 2.45) is 0 Å². The molecule has 114 valence electrons. The average Bonchev–Trinajstić information content (AvgIpc) is 3.13. The molecule has 0 unspecified atom stereocenters. The van der Waals surface area contributed by atoms with E-state index in [1.807, 2.05) is 0 Å². The minimum absolute atomic E-state index is 0.328. The van der Waals surface area contributed by atoms with Crippen molar-refractivity contribution in [2.75, 3.05) is 13.1 Å². The number of likely N-dealkylation sites (tertiary alicyclic amines) is 1. The number of Topliss-reactive ketones (excluding diaryl/α,β-unsaturated/α-hetero) is 1. The van der Waals surface area contributed by atoms with Gasteiger partial charge in [0.05, 0.1) is 11.1 Å². The van der Waals surface area contributed by atoms with Gasteiger partial charge in [0.25, 0.3) is 0 Å². The fourth-order valence-corrected chi connectivity index (χ4v) is 3.89. The lowest BCUT2D eigenvalue weighted by atomic mass is 9.85. The average molecular weight is 293 g/mol. The zero-order valence-electron chi connectivity index (χ0n) is 12.4. The van der Waals surface area contributed by atoms with E-state index in [1.165, 1.54) is 12.1 Å². The van der Waals surface area contributed by atoms with Gasteiger partial charge in [0, 0.05) is 0 Å². The summed E-state index contributed by atoms with van der Waals surface area (Å²) in [6.07, 6.45) is 5.48. The third kappa shape index (κ3) is 2.30. The fraction of sp³-hybridized carbons (Fsp3) is 0.588. The third-order valence-electron chi connectivity index (χ3n) is 5.08. The molecular formula is C17H21F2NO. The minimum Gasteiger partial charge on any atom is -0.292 e. The van der Waals surface area contributed by atoms with Gasteiger partial charge in [-0.1, -0.05) is 18.9 Å². The first-order valence-electron chi connectivity index (χ1n) is 7.81. The quantitative estimate of drug-likeness (QED) is 0.789. The van der Waals surface area contributed by atoms with Gasteiger partial charge in [-0.15, -0.1) is 0 Å². The Morgan fingerprint density at radius 1 is 1.10 bits per heavy atom. The molecule has 0 atom stereocenters. The number of nitrogens with zero attached hydrogens (tertiary/aromatic N) is 1. The summed E-state index contributed by atoms with van der Waals surface area (Å²) in [6.45, 7) is 3.30. The van der Waals surface area contributed by atoms with Crippen molar-refractivity contribution in [3.8, 4) is 0 Å². The molecule has 1 heterocycles. The molecule has 0 amide bonds. The highest BCUT2D eigenvalue weighted by molar-refractivity contribution is 6.04. The standard InChI is InChI=1S/C17H21F2NO/c1-12-6-7-13(18)14(15(12)19)16(21)17(8-2-3-9-17)20-10-4-5-11-20/h6-7H,2-5,8-11H2,1H3. The number of halogens is 2. The summed E-state index contributed by atoms with van der Waals surface area (Å²) in [7, 11) is 0. The highest BCUT2D eigenvalue weighted by Gasteiger charge is 2.48. The number of benzene rings is 1. The monoisotopic (exact) mass is 293 g/mol. The Labute approximate surface area is 124 Å². The minimum atomic E-state index is -0.728. The van der Waals surface area contributed by atoms with Crippen LogP contribution < -0.4 is 0 Å². The molecule has 0 radical (unpaired) electrons. The molecule has 1 aromatic rings. The van der Waals surface area contributed by atoms with E-state index in [2.05, 4.69) is 4.90 Å². The van der Waals surface area contributed by atoms with Crippen LogP contribution in [-0.2, 0) is 0 Å². The number of carbonyl (C=O) groups excluding carboxylic acids is 1. The SMILES string of the molecule is Cc1ccc(F)c(C(=O)C2(N3CCCC3)CCCC2)c1F. The third-order valence-corrected chi connectivity index (χ3v) is 5.08. The second kappa shape index (κ2) is 5.48. The van der Waals surface area contributed by atoms with E-state index in [1.54, 1.807) is 6.92 Å². The highest BCUT2D eigenvalue weighted by Crippen LogP contribution is 2.40. The van der Waals surface area contributed by atoms with Crippen LogP contribution in [0.5, 0.6) is 0 Å². The van der Waals surface area contributed by atoms with E-state index in [4.69, 9.17) is 0 Å². The maximum absolute atomic E-state index is 14.3. The smallest absolute Gasteiger partial charge is 0.188 e. The maximum atomic E-state index is 14.3. The Balaban J connectivity index is 2.05. The summed E-state index contributed by atoms with van der Waals surface area (Å²) < 4.78 is 28.5. The number of hydrogen-bond donors (Lipinski definition) is 0. The summed E-state index contributed by atoms with van der Waals surface area (Å²) in [5.74, 6) is -1.76. The van der Waals surface area contributed by atoms with Crippen LogP contribution in [0.1, 0.15) is 54.4 Å². The van der Waals surface area contributed by atoms with Crippen molar-refractivity contribution in [2.45, 2.75) is 51.0 Å². The maximum Gasteiger partial charge on any atom is 0.188 e. The molecule has 0 bridgehead atoms. The Morgan fingerprint density at radius 3 is 2.33 bits per heavy atom. The Kier molecular flexibility index (Phi) is 3.82. The van der Waals surface area contributed by atoms with Gasteiger partial charge < -0.3 is 0 Å². The summed E-state index contributed by atoms with van der Waals surface area (Å²) in [4.78, 5) is 15.2. The van der Waals surface area contributed by atoms with Crippen molar-refractivity contribution in [1.29, 1.82) is 0 Å². The van der Waals surface area contributed by atoms with Crippen LogP contribution in [0.2, 0.25) is 0 Å². The Morgan fingerprint density at radius 2 is 1.71 bits per heavy atom. The van der Waals surface area contributed by atoms with Gasteiger partial charge in [-0.2, -0.15) is 0 Å². The fourth-order valence-electron chi connectivity index (χ4n) is 3.89. The lowest BCUT2D eigenvalue weighted by Crippen LogP contribution is -2.52. The summed E-state index contributed by atoms with van der Waals surface area (Å²) in [6, 6.07) is 2.59. The van der Waals surface area contributed by atoms with E-state index in [-0.39, 0.29) is 11.3 Å². The lowest BCUT2D eigenvalue weighted by molar-refractivity contribution is 0.0617. The van der Waals surface area contributed by atoms with Crippen LogP contribution in [0.4, 0.5) is 8.78 Å². The van der Waals surface area contributed by atoms with Crippen molar-refractivity contribution < 1.29 is 13.6 Å². The molecule has 1 aliphatic heterocycles. The first kappa shape index (κ1) is 14.6. The van der Waals surface area contributed by atoms with Crippen LogP contribution in [-0.4, -0.2) is 29.3 Å². The van der Waals surface area contributed by atoms with Gasteiger partial charge in [-0.3, -0.25) is 9.69 Å². The molecule has 1 saturated carbocycles. The molecule has 1 aromatic carbocycles. The number of ketones is 1. The Hall–Kier alpha value is -1.29. The van der Waals surface area contributed by atoms with E-state index < -0.39 is 17.2 Å². The van der Waals surface area contributed by atoms with Gasteiger partial charge in [0.1, 0.15) is 11.6 Å². The first-order valence-corrected chi connectivity index (χ1v) is 7.81. The van der Waals surface area contributed by atoms with Crippen LogP contribution in [0.25, 0.3) is 0 Å². The number of carbonyl (C=O) groups is 1.